The van der Waals surface area contributed by atoms with Crippen molar-refractivity contribution in [3.8, 4) is 0 Å². The largest absolute Gasteiger partial charge is 0.462 e. The second kappa shape index (κ2) is 6.84. The minimum atomic E-state index is -0.691. The molecule has 0 aliphatic rings. The fourth-order valence-corrected chi connectivity index (χ4v) is 1.67. The average molecular weight is 286 g/mol. The Morgan fingerprint density at radius 3 is 2.63 bits per heavy atom. The van der Waals surface area contributed by atoms with E-state index >= 15 is 0 Å². The molecule has 0 aliphatic carbocycles. The zero-order valence-corrected chi connectivity index (χ0v) is 11.0. The maximum atomic E-state index is 11.7. The van der Waals surface area contributed by atoms with E-state index in [4.69, 9.17) is 16.3 Å². The quantitative estimate of drug-likeness (QED) is 0.346. The molecule has 0 amide bonds. The molecule has 0 N–H and O–H groups in total. The highest BCUT2D eigenvalue weighted by atomic mass is 35.5. The monoisotopic (exact) mass is 285 g/mol. The number of ether oxygens (including phenoxy) is 1. The molecule has 1 aromatic rings. The molecular formula is C12H12ClNO5. The molecule has 0 atom stereocenters. The van der Waals surface area contributed by atoms with E-state index in [0.29, 0.717) is 0 Å². The van der Waals surface area contributed by atoms with Crippen LogP contribution in [0.15, 0.2) is 18.2 Å². The van der Waals surface area contributed by atoms with Crippen LogP contribution in [0.25, 0.3) is 0 Å². The van der Waals surface area contributed by atoms with Gasteiger partial charge in [0.15, 0.2) is 5.78 Å². The Kier molecular flexibility index (Phi) is 5.44. The molecule has 0 heterocycles. The predicted molar refractivity (Wildman–Crippen MR) is 68.5 cm³/mol. The molecule has 19 heavy (non-hydrogen) atoms. The summed E-state index contributed by atoms with van der Waals surface area (Å²) in [6.45, 7) is 1.77. The number of halogens is 1. The molecule has 0 aromatic heterocycles. The molecular weight excluding hydrogens is 274 g/mol. The summed E-state index contributed by atoms with van der Waals surface area (Å²) in [5, 5.41) is 10.9. The molecule has 0 unspecified atom stereocenters. The lowest BCUT2D eigenvalue weighted by Gasteiger charge is -2.08. The van der Waals surface area contributed by atoms with Crippen molar-refractivity contribution < 1.29 is 19.2 Å². The van der Waals surface area contributed by atoms with Crippen LogP contribution in [0.2, 0.25) is 0 Å². The molecule has 0 saturated heterocycles. The Labute approximate surface area is 114 Å². The van der Waals surface area contributed by atoms with E-state index in [1.54, 1.807) is 6.92 Å². The number of nitrogens with zero attached hydrogens (tertiary/aromatic N) is 1. The highest BCUT2D eigenvalue weighted by Crippen LogP contribution is 2.24. The first kappa shape index (κ1) is 15.1. The van der Waals surface area contributed by atoms with Crippen LogP contribution in [0, 0.1) is 10.1 Å². The van der Waals surface area contributed by atoms with Gasteiger partial charge in [-0.05, 0) is 13.0 Å². The topological polar surface area (TPSA) is 86.5 Å². The number of esters is 1. The van der Waals surface area contributed by atoms with Crippen molar-refractivity contribution in [2.75, 3.05) is 12.5 Å². The number of nitro benzene ring substituents is 1. The highest BCUT2D eigenvalue weighted by Gasteiger charge is 2.23. The first-order valence-electron chi connectivity index (χ1n) is 5.52. The highest BCUT2D eigenvalue weighted by molar-refractivity contribution is 6.27. The van der Waals surface area contributed by atoms with Gasteiger partial charge in [0.1, 0.15) is 0 Å². The lowest BCUT2D eigenvalue weighted by atomic mass is 10.0. The van der Waals surface area contributed by atoms with Crippen molar-refractivity contribution in [2.24, 2.45) is 0 Å². The van der Waals surface area contributed by atoms with Gasteiger partial charge in [-0.3, -0.25) is 14.9 Å². The lowest BCUT2D eigenvalue weighted by molar-refractivity contribution is -0.385. The van der Waals surface area contributed by atoms with Crippen molar-refractivity contribution >= 4 is 29.0 Å². The minimum Gasteiger partial charge on any atom is -0.462 e. The van der Waals surface area contributed by atoms with Crippen LogP contribution in [0.4, 0.5) is 5.69 Å². The normalized spacial score (nSPS) is 10.0. The number of carbonyl (C=O) groups is 2. The number of nitro groups is 1. The van der Waals surface area contributed by atoms with Crippen LogP contribution < -0.4 is 0 Å². The summed E-state index contributed by atoms with van der Waals surface area (Å²) in [6.07, 6.45) is -0.269. The van der Waals surface area contributed by atoms with Crippen LogP contribution in [-0.2, 0) is 16.0 Å². The van der Waals surface area contributed by atoms with Crippen molar-refractivity contribution in [3.05, 3.63) is 39.4 Å². The number of hydrogen-bond acceptors (Lipinski definition) is 5. The number of rotatable bonds is 6. The van der Waals surface area contributed by atoms with E-state index in [1.165, 1.54) is 18.2 Å². The Balaban J connectivity index is 3.29. The number of hydrogen-bond donors (Lipinski definition) is 0. The van der Waals surface area contributed by atoms with Gasteiger partial charge in [-0.15, -0.1) is 11.6 Å². The average Bonchev–Trinajstić information content (AvgIpc) is 2.38. The summed E-state index contributed by atoms with van der Waals surface area (Å²) >= 11 is 5.39. The van der Waals surface area contributed by atoms with Gasteiger partial charge in [0.25, 0.3) is 5.69 Å². The third-order valence-electron chi connectivity index (χ3n) is 2.37. The lowest BCUT2D eigenvalue weighted by Crippen LogP contribution is -2.14. The molecule has 6 nitrogen and oxygen atoms in total. The van der Waals surface area contributed by atoms with E-state index in [2.05, 4.69) is 0 Å². The molecule has 1 aromatic carbocycles. The molecule has 102 valence electrons. The van der Waals surface area contributed by atoms with E-state index in [9.17, 15) is 19.7 Å². The molecule has 0 saturated carbocycles. The first-order chi connectivity index (χ1) is 9.01. The Hall–Kier alpha value is -1.95. The predicted octanol–water partition coefficient (Wildman–Crippen LogP) is 2.12. The van der Waals surface area contributed by atoms with Crippen molar-refractivity contribution in [1.29, 1.82) is 0 Å². The second-order valence-electron chi connectivity index (χ2n) is 3.63. The third-order valence-corrected chi connectivity index (χ3v) is 2.66. The summed E-state index contributed by atoms with van der Waals surface area (Å²) in [7, 11) is 0. The smallest absolute Gasteiger partial charge is 0.338 e. The SMILES string of the molecule is CCOC(=O)c1cccc([N+](=O)[O-])c1CC(=O)CCl. The summed E-state index contributed by atoms with van der Waals surface area (Å²) < 4.78 is 4.81. The van der Waals surface area contributed by atoms with Gasteiger partial charge in [-0.1, -0.05) is 6.07 Å². The maximum Gasteiger partial charge on any atom is 0.338 e. The van der Waals surface area contributed by atoms with Gasteiger partial charge in [0.05, 0.1) is 28.5 Å². The van der Waals surface area contributed by atoms with E-state index in [1.807, 2.05) is 0 Å². The van der Waals surface area contributed by atoms with Crippen LogP contribution in [0.5, 0.6) is 0 Å². The molecule has 0 bridgehead atoms. The summed E-state index contributed by atoms with van der Waals surface area (Å²) in [5.74, 6) is -1.36. The molecule has 0 radical (unpaired) electrons. The fourth-order valence-electron chi connectivity index (χ4n) is 1.58. The Morgan fingerprint density at radius 1 is 1.42 bits per heavy atom. The number of ketones is 1. The van der Waals surface area contributed by atoms with Crippen LogP contribution >= 0.6 is 11.6 Å². The molecule has 0 aliphatic heterocycles. The number of alkyl halides is 1. The standard InChI is InChI=1S/C12H12ClNO5/c1-2-19-12(16)9-4-3-5-11(14(17)18)10(9)6-8(15)7-13/h3-5H,2,6-7H2,1H3. The van der Waals surface area contributed by atoms with Gasteiger partial charge in [-0.25, -0.2) is 4.79 Å². The number of Topliss-reactive ketones (excluding diaryl/α,β-unsaturated/α-hetero) is 1. The van der Waals surface area contributed by atoms with Crippen molar-refractivity contribution in [2.45, 2.75) is 13.3 Å². The third kappa shape index (κ3) is 3.75. The maximum absolute atomic E-state index is 11.7. The van der Waals surface area contributed by atoms with Gasteiger partial charge in [0, 0.05) is 12.5 Å². The zero-order valence-electron chi connectivity index (χ0n) is 10.2. The van der Waals surface area contributed by atoms with Crippen molar-refractivity contribution in [1.82, 2.24) is 0 Å². The minimum absolute atomic E-state index is 0.0227. The van der Waals surface area contributed by atoms with E-state index in [-0.39, 0.29) is 35.7 Å². The molecule has 1 rings (SSSR count). The summed E-state index contributed by atoms with van der Waals surface area (Å²) in [6, 6.07) is 4.00. The van der Waals surface area contributed by atoms with Crippen LogP contribution in [0.3, 0.4) is 0 Å². The van der Waals surface area contributed by atoms with E-state index in [0.717, 1.165) is 0 Å². The van der Waals surface area contributed by atoms with Crippen LogP contribution in [-0.4, -0.2) is 29.2 Å². The van der Waals surface area contributed by atoms with Crippen LogP contribution in [0.1, 0.15) is 22.8 Å². The zero-order chi connectivity index (χ0) is 14.4. The molecule has 7 heteroatoms. The van der Waals surface area contributed by atoms with Crippen molar-refractivity contribution in [3.63, 3.8) is 0 Å². The summed E-state index contributed by atoms with van der Waals surface area (Å²) in [5.41, 5.74) is -0.227. The first-order valence-corrected chi connectivity index (χ1v) is 6.05. The Bertz CT molecular complexity index is 515. The second-order valence-corrected chi connectivity index (χ2v) is 3.90. The molecule has 0 fully saturated rings. The Morgan fingerprint density at radius 2 is 2.11 bits per heavy atom. The molecule has 0 spiro atoms. The summed E-state index contributed by atoms with van der Waals surface area (Å²) in [4.78, 5) is 33.4. The van der Waals surface area contributed by atoms with E-state index < -0.39 is 16.7 Å². The van der Waals surface area contributed by atoms with Gasteiger partial charge >= 0.3 is 5.97 Å². The van der Waals surface area contributed by atoms with Gasteiger partial charge in [-0.2, -0.15) is 0 Å². The van der Waals surface area contributed by atoms with Gasteiger partial charge in [0.2, 0.25) is 0 Å². The van der Waals surface area contributed by atoms with Gasteiger partial charge < -0.3 is 4.74 Å². The number of benzene rings is 1. The fraction of sp³-hybridized carbons (Fsp3) is 0.333. The number of carbonyl (C=O) groups excluding carboxylic acids is 2.